The number of nitrogens with two attached hydrogens (primary N) is 1. The molecular formula is C13H18N2O4. The van der Waals surface area contributed by atoms with Crippen LogP contribution in [0.2, 0.25) is 0 Å². The third-order valence-electron chi connectivity index (χ3n) is 2.61. The Labute approximate surface area is 111 Å². The SMILES string of the molecule is CN(CC[C@H](N)C(=O)O)C(=O)OCc1ccccc1. The first-order valence-corrected chi connectivity index (χ1v) is 5.91. The van der Waals surface area contributed by atoms with E-state index in [0.29, 0.717) is 0 Å². The van der Waals surface area contributed by atoms with Crippen LogP contribution in [0.1, 0.15) is 12.0 Å². The zero-order valence-corrected chi connectivity index (χ0v) is 10.8. The molecule has 1 aromatic carbocycles. The number of hydrogen-bond donors (Lipinski definition) is 2. The number of carbonyl (C=O) groups excluding carboxylic acids is 1. The zero-order valence-electron chi connectivity index (χ0n) is 10.8. The fraction of sp³-hybridized carbons (Fsp3) is 0.385. The summed E-state index contributed by atoms with van der Waals surface area (Å²) < 4.78 is 5.08. The van der Waals surface area contributed by atoms with Crippen molar-refractivity contribution in [1.82, 2.24) is 4.90 Å². The number of nitrogens with zero attached hydrogens (tertiary/aromatic N) is 1. The number of benzene rings is 1. The lowest BCUT2D eigenvalue weighted by Crippen LogP contribution is -2.36. The van der Waals surface area contributed by atoms with Gasteiger partial charge in [0, 0.05) is 13.6 Å². The van der Waals surface area contributed by atoms with E-state index in [1.807, 2.05) is 30.3 Å². The molecule has 0 aliphatic heterocycles. The summed E-state index contributed by atoms with van der Waals surface area (Å²) >= 11 is 0. The normalized spacial score (nSPS) is 11.7. The highest BCUT2D eigenvalue weighted by Crippen LogP contribution is 2.03. The van der Waals surface area contributed by atoms with Crippen molar-refractivity contribution in [3.8, 4) is 0 Å². The molecule has 0 bridgehead atoms. The minimum absolute atomic E-state index is 0.187. The monoisotopic (exact) mass is 266 g/mol. The number of rotatable bonds is 6. The van der Waals surface area contributed by atoms with Crippen LogP contribution in [0.15, 0.2) is 30.3 Å². The topological polar surface area (TPSA) is 92.9 Å². The molecule has 104 valence electrons. The second kappa shape index (κ2) is 7.38. The number of ether oxygens (including phenoxy) is 1. The standard InChI is InChI=1S/C13H18N2O4/c1-15(8-7-11(14)12(16)17)13(18)19-9-10-5-3-2-4-6-10/h2-6,11H,7-9,14H2,1H3,(H,16,17)/t11-/m0/s1. The molecule has 0 heterocycles. The predicted octanol–water partition coefficient (Wildman–Crippen LogP) is 1.06. The van der Waals surface area contributed by atoms with Gasteiger partial charge < -0.3 is 20.5 Å². The lowest BCUT2D eigenvalue weighted by molar-refractivity contribution is -0.138. The fourth-order valence-electron chi connectivity index (χ4n) is 1.38. The number of amides is 1. The van der Waals surface area contributed by atoms with E-state index in [9.17, 15) is 9.59 Å². The average Bonchev–Trinajstić information content (AvgIpc) is 2.42. The third kappa shape index (κ3) is 5.39. The summed E-state index contributed by atoms with van der Waals surface area (Å²) in [6.45, 7) is 0.427. The fourth-order valence-corrected chi connectivity index (χ4v) is 1.38. The maximum Gasteiger partial charge on any atom is 0.409 e. The Balaban J connectivity index is 2.31. The highest BCUT2D eigenvalue weighted by Gasteiger charge is 2.15. The second-order valence-corrected chi connectivity index (χ2v) is 4.20. The summed E-state index contributed by atoms with van der Waals surface area (Å²) in [5, 5.41) is 8.63. The van der Waals surface area contributed by atoms with E-state index in [1.165, 1.54) is 4.90 Å². The molecule has 1 atom stereocenters. The van der Waals surface area contributed by atoms with Gasteiger partial charge in [0.05, 0.1) is 0 Å². The van der Waals surface area contributed by atoms with E-state index >= 15 is 0 Å². The van der Waals surface area contributed by atoms with Crippen molar-refractivity contribution >= 4 is 12.1 Å². The predicted molar refractivity (Wildman–Crippen MR) is 69.5 cm³/mol. The van der Waals surface area contributed by atoms with Crippen LogP contribution in [0.25, 0.3) is 0 Å². The Morgan fingerprint density at radius 3 is 2.58 bits per heavy atom. The van der Waals surface area contributed by atoms with Gasteiger partial charge in [-0.1, -0.05) is 30.3 Å². The summed E-state index contributed by atoms with van der Waals surface area (Å²) in [6.07, 6.45) is -0.312. The number of carboxylic acids is 1. The van der Waals surface area contributed by atoms with E-state index in [1.54, 1.807) is 7.05 Å². The van der Waals surface area contributed by atoms with Crippen molar-refractivity contribution in [2.45, 2.75) is 19.1 Å². The van der Waals surface area contributed by atoms with Crippen molar-refractivity contribution in [3.05, 3.63) is 35.9 Å². The van der Waals surface area contributed by atoms with Crippen LogP contribution < -0.4 is 5.73 Å². The molecule has 0 unspecified atom stereocenters. The highest BCUT2D eigenvalue weighted by atomic mass is 16.6. The van der Waals surface area contributed by atoms with Gasteiger partial charge >= 0.3 is 12.1 Å². The molecule has 0 radical (unpaired) electrons. The molecule has 0 saturated carbocycles. The minimum atomic E-state index is -1.08. The Morgan fingerprint density at radius 1 is 1.37 bits per heavy atom. The summed E-state index contributed by atoms with van der Waals surface area (Å²) in [5.74, 6) is -1.08. The van der Waals surface area contributed by atoms with Gasteiger partial charge in [-0.15, -0.1) is 0 Å². The van der Waals surface area contributed by atoms with Crippen LogP contribution >= 0.6 is 0 Å². The van der Waals surface area contributed by atoms with Gasteiger partial charge in [0.2, 0.25) is 0 Å². The van der Waals surface area contributed by atoms with Crippen LogP contribution in [-0.4, -0.2) is 41.7 Å². The molecule has 1 aromatic rings. The van der Waals surface area contributed by atoms with Crippen molar-refractivity contribution in [3.63, 3.8) is 0 Å². The first-order chi connectivity index (χ1) is 9.00. The Bertz CT molecular complexity index is 422. The van der Waals surface area contributed by atoms with E-state index in [2.05, 4.69) is 0 Å². The molecule has 0 fully saturated rings. The smallest absolute Gasteiger partial charge is 0.409 e. The first-order valence-electron chi connectivity index (χ1n) is 5.91. The molecule has 19 heavy (non-hydrogen) atoms. The Kier molecular flexibility index (Phi) is 5.81. The molecule has 0 aromatic heterocycles. The van der Waals surface area contributed by atoms with Crippen molar-refractivity contribution in [2.24, 2.45) is 5.73 Å². The van der Waals surface area contributed by atoms with Crippen LogP contribution in [0.4, 0.5) is 4.79 Å². The number of hydrogen-bond acceptors (Lipinski definition) is 4. The Morgan fingerprint density at radius 2 is 2.00 bits per heavy atom. The molecule has 6 heteroatoms. The molecule has 0 spiro atoms. The van der Waals surface area contributed by atoms with E-state index in [4.69, 9.17) is 15.6 Å². The Hall–Kier alpha value is -2.08. The maximum absolute atomic E-state index is 11.6. The molecule has 1 rings (SSSR count). The second-order valence-electron chi connectivity index (χ2n) is 4.20. The van der Waals surface area contributed by atoms with Gasteiger partial charge in [-0.2, -0.15) is 0 Å². The van der Waals surface area contributed by atoms with E-state index in [0.717, 1.165) is 5.56 Å². The number of carboxylic acid groups (broad SMARTS) is 1. The molecule has 6 nitrogen and oxygen atoms in total. The molecule has 0 aliphatic rings. The molecule has 0 saturated heterocycles. The van der Waals surface area contributed by atoms with E-state index in [-0.39, 0.29) is 19.6 Å². The quantitative estimate of drug-likeness (QED) is 0.803. The number of aliphatic carboxylic acids is 1. The van der Waals surface area contributed by atoms with Crippen LogP contribution in [-0.2, 0) is 16.1 Å². The molecule has 1 amide bonds. The summed E-state index contributed by atoms with van der Waals surface area (Å²) in [6, 6.07) is 8.34. The first kappa shape index (κ1) is 15.0. The van der Waals surface area contributed by atoms with Crippen LogP contribution in [0.5, 0.6) is 0 Å². The van der Waals surface area contributed by atoms with Crippen molar-refractivity contribution in [1.29, 1.82) is 0 Å². The summed E-state index contributed by atoms with van der Waals surface area (Å²) in [4.78, 5) is 23.5. The van der Waals surface area contributed by atoms with Gasteiger partial charge in [0.25, 0.3) is 0 Å². The largest absolute Gasteiger partial charge is 0.480 e. The highest BCUT2D eigenvalue weighted by molar-refractivity contribution is 5.73. The summed E-state index contributed by atoms with van der Waals surface area (Å²) in [7, 11) is 1.54. The van der Waals surface area contributed by atoms with Crippen LogP contribution in [0.3, 0.4) is 0 Å². The van der Waals surface area contributed by atoms with Gasteiger partial charge in [0.15, 0.2) is 0 Å². The summed E-state index contributed by atoms with van der Waals surface area (Å²) in [5.41, 5.74) is 6.25. The molecule has 3 N–H and O–H groups in total. The van der Waals surface area contributed by atoms with Crippen molar-refractivity contribution < 1.29 is 19.4 Å². The lowest BCUT2D eigenvalue weighted by Gasteiger charge is -2.18. The average molecular weight is 266 g/mol. The van der Waals surface area contributed by atoms with Crippen LogP contribution in [0, 0.1) is 0 Å². The molecule has 0 aliphatic carbocycles. The van der Waals surface area contributed by atoms with Gasteiger partial charge in [-0.3, -0.25) is 4.79 Å². The van der Waals surface area contributed by atoms with E-state index < -0.39 is 18.1 Å². The third-order valence-corrected chi connectivity index (χ3v) is 2.61. The van der Waals surface area contributed by atoms with Gasteiger partial charge in [0.1, 0.15) is 12.6 Å². The maximum atomic E-state index is 11.6. The van der Waals surface area contributed by atoms with Gasteiger partial charge in [-0.25, -0.2) is 4.79 Å². The minimum Gasteiger partial charge on any atom is -0.480 e. The zero-order chi connectivity index (χ0) is 14.3. The lowest BCUT2D eigenvalue weighted by atomic mass is 10.2. The molecular weight excluding hydrogens is 248 g/mol. The number of carbonyl (C=O) groups is 2. The van der Waals surface area contributed by atoms with Crippen molar-refractivity contribution in [2.75, 3.05) is 13.6 Å². The van der Waals surface area contributed by atoms with Gasteiger partial charge in [-0.05, 0) is 12.0 Å².